The Bertz CT molecular complexity index is 666. The molecular weight excluding hydrogens is 422 g/mol. The zero-order valence-corrected chi connectivity index (χ0v) is 18.4. The van der Waals surface area contributed by atoms with E-state index in [1.165, 1.54) is 32.1 Å². The molecule has 1 saturated heterocycles. The van der Waals surface area contributed by atoms with Gasteiger partial charge < -0.3 is 26.0 Å². The first-order valence-electron chi connectivity index (χ1n) is 10.2. The Kier molecular flexibility index (Phi) is 7.68. The minimum absolute atomic E-state index is 0.0606. The summed E-state index contributed by atoms with van der Waals surface area (Å²) in [5, 5.41) is 6.59. The maximum absolute atomic E-state index is 12.6. The molecule has 156 valence electrons. The topological polar surface area (TPSA) is 92.5 Å². The van der Waals surface area contributed by atoms with Crippen molar-refractivity contribution < 1.29 is 9.53 Å². The molecule has 1 aliphatic heterocycles. The molecule has 2 aliphatic rings. The van der Waals surface area contributed by atoms with Crippen LogP contribution in [0.3, 0.4) is 0 Å². The molecule has 7 nitrogen and oxygen atoms in total. The molecule has 3 rings (SSSR count). The van der Waals surface area contributed by atoms with Gasteiger partial charge in [-0.25, -0.2) is 4.98 Å². The summed E-state index contributed by atoms with van der Waals surface area (Å²) in [6.07, 6.45) is 8.82. The monoisotopic (exact) mass is 453 g/mol. The van der Waals surface area contributed by atoms with E-state index in [9.17, 15) is 4.79 Å². The van der Waals surface area contributed by atoms with Crippen LogP contribution in [0.4, 0.5) is 5.82 Å². The molecule has 0 radical (unpaired) electrons. The number of carbonyl (C=O) groups is 1. The number of anilines is 1. The molecular formula is C20H32BrN5O2. The van der Waals surface area contributed by atoms with Gasteiger partial charge in [-0.1, -0.05) is 19.3 Å². The van der Waals surface area contributed by atoms with Crippen molar-refractivity contribution in [2.75, 3.05) is 25.1 Å². The summed E-state index contributed by atoms with van der Waals surface area (Å²) in [6, 6.07) is 2.73. The largest absolute Gasteiger partial charge is 0.378 e. The maximum atomic E-state index is 12.6. The lowest BCUT2D eigenvalue weighted by atomic mass is 9.92. The Hall–Kier alpha value is -1.22. The van der Waals surface area contributed by atoms with E-state index < -0.39 is 6.17 Å². The standard InChI is InChI=1S/C20H32BrN5O2/c1-13(22)24-20(27)16-10-14(21)11-23-19(16)26-9-8-17(18(12-26)28-2)25-15-6-4-3-5-7-15/h10-11,13,15,17-18,25H,3-9,12,22H2,1-2H3,(H,24,27). The summed E-state index contributed by atoms with van der Waals surface area (Å²) in [7, 11) is 1.77. The van der Waals surface area contributed by atoms with Crippen LogP contribution in [-0.4, -0.2) is 55.4 Å². The fourth-order valence-electron chi connectivity index (χ4n) is 4.25. The van der Waals surface area contributed by atoms with E-state index in [0.29, 0.717) is 30.0 Å². The minimum Gasteiger partial charge on any atom is -0.378 e. The van der Waals surface area contributed by atoms with E-state index in [2.05, 4.69) is 36.4 Å². The van der Waals surface area contributed by atoms with Gasteiger partial charge in [0.1, 0.15) is 5.82 Å². The Morgan fingerprint density at radius 1 is 1.36 bits per heavy atom. The summed E-state index contributed by atoms with van der Waals surface area (Å²) < 4.78 is 6.59. The molecule has 4 N–H and O–H groups in total. The highest BCUT2D eigenvalue weighted by atomic mass is 79.9. The number of nitrogens with two attached hydrogens (primary N) is 1. The number of piperidine rings is 1. The van der Waals surface area contributed by atoms with Gasteiger partial charge in [0, 0.05) is 43.0 Å². The van der Waals surface area contributed by atoms with Gasteiger partial charge in [-0.05, 0) is 48.2 Å². The minimum atomic E-state index is -0.420. The molecule has 2 heterocycles. The first-order valence-corrected chi connectivity index (χ1v) is 11.0. The van der Waals surface area contributed by atoms with E-state index in [1.54, 1.807) is 26.3 Å². The van der Waals surface area contributed by atoms with Gasteiger partial charge in [0.25, 0.3) is 5.91 Å². The lowest BCUT2D eigenvalue weighted by Crippen LogP contribution is -2.56. The third kappa shape index (κ3) is 5.43. The molecule has 3 atom stereocenters. The number of ether oxygens (including phenoxy) is 1. The Morgan fingerprint density at radius 3 is 2.79 bits per heavy atom. The number of hydrogen-bond acceptors (Lipinski definition) is 6. The Balaban J connectivity index is 1.72. The predicted octanol–water partition coefficient (Wildman–Crippen LogP) is 2.39. The molecule has 0 bridgehead atoms. The summed E-state index contributed by atoms with van der Waals surface area (Å²) >= 11 is 3.42. The van der Waals surface area contributed by atoms with Crippen LogP contribution < -0.4 is 21.3 Å². The number of methoxy groups -OCH3 is 1. The summed E-state index contributed by atoms with van der Waals surface area (Å²) in [5.74, 6) is 0.467. The van der Waals surface area contributed by atoms with Crippen molar-refractivity contribution >= 4 is 27.7 Å². The molecule has 2 fully saturated rings. The first-order chi connectivity index (χ1) is 13.5. The van der Waals surface area contributed by atoms with Crippen molar-refractivity contribution in [1.82, 2.24) is 15.6 Å². The van der Waals surface area contributed by atoms with E-state index >= 15 is 0 Å². The van der Waals surface area contributed by atoms with Crippen LogP contribution in [0.2, 0.25) is 0 Å². The van der Waals surface area contributed by atoms with Gasteiger partial charge in [0.2, 0.25) is 0 Å². The summed E-state index contributed by atoms with van der Waals surface area (Å²) in [6.45, 7) is 3.28. The zero-order valence-electron chi connectivity index (χ0n) is 16.8. The van der Waals surface area contributed by atoms with Crippen LogP contribution in [0.5, 0.6) is 0 Å². The van der Waals surface area contributed by atoms with Gasteiger partial charge in [-0.15, -0.1) is 0 Å². The first kappa shape index (κ1) is 21.5. The van der Waals surface area contributed by atoms with Gasteiger partial charge >= 0.3 is 0 Å². The quantitative estimate of drug-likeness (QED) is 0.572. The third-order valence-electron chi connectivity index (χ3n) is 5.65. The Morgan fingerprint density at radius 2 is 2.11 bits per heavy atom. The smallest absolute Gasteiger partial charge is 0.256 e. The lowest BCUT2D eigenvalue weighted by molar-refractivity contribution is 0.0533. The zero-order chi connectivity index (χ0) is 20.1. The number of carbonyl (C=O) groups excluding carboxylic acids is 1. The average molecular weight is 454 g/mol. The summed E-state index contributed by atoms with van der Waals surface area (Å²) in [5.41, 5.74) is 6.27. The molecule has 0 aromatic carbocycles. The number of halogens is 1. The van der Waals surface area contributed by atoms with Gasteiger partial charge in [-0.2, -0.15) is 0 Å². The second-order valence-corrected chi connectivity index (χ2v) is 8.82. The molecule has 1 amide bonds. The highest BCUT2D eigenvalue weighted by Gasteiger charge is 2.33. The highest BCUT2D eigenvalue weighted by molar-refractivity contribution is 9.10. The predicted molar refractivity (Wildman–Crippen MR) is 114 cm³/mol. The van der Waals surface area contributed by atoms with E-state index in [-0.39, 0.29) is 12.0 Å². The number of hydrogen-bond donors (Lipinski definition) is 3. The van der Waals surface area contributed by atoms with Crippen LogP contribution in [-0.2, 0) is 4.74 Å². The molecule has 8 heteroatoms. The molecule has 0 spiro atoms. The number of nitrogens with zero attached hydrogens (tertiary/aromatic N) is 2. The van der Waals surface area contributed by atoms with Crippen molar-refractivity contribution in [2.24, 2.45) is 5.73 Å². The number of amides is 1. The fourth-order valence-corrected chi connectivity index (χ4v) is 4.58. The molecule has 1 aromatic rings. The molecule has 1 aliphatic carbocycles. The number of pyridine rings is 1. The highest BCUT2D eigenvalue weighted by Crippen LogP contribution is 2.27. The van der Waals surface area contributed by atoms with Crippen LogP contribution in [0.1, 0.15) is 55.8 Å². The van der Waals surface area contributed by atoms with Crippen molar-refractivity contribution in [3.8, 4) is 0 Å². The van der Waals surface area contributed by atoms with Crippen LogP contribution in [0.25, 0.3) is 0 Å². The van der Waals surface area contributed by atoms with Crippen molar-refractivity contribution in [3.05, 3.63) is 22.3 Å². The van der Waals surface area contributed by atoms with E-state index in [4.69, 9.17) is 10.5 Å². The van der Waals surface area contributed by atoms with E-state index in [0.717, 1.165) is 17.4 Å². The number of aromatic nitrogens is 1. The summed E-state index contributed by atoms with van der Waals surface area (Å²) in [4.78, 5) is 19.3. The average Bonchev–Trinajstić information content (AvgIpc) is 2.68. The van der Waals surface area contributed by atoms with Crippen molar-refractivity contribution in [3.63, 3.8) is 0 Å². The van der Waals surface area contributed by atoms with E-state index in [1.807, 2.05) is 0 Å². The van der Waals surface area contributed by atoms with Gasteiger partial charge in [-0.3, -0.25) is 4.79 Å². The fraction of sp³-hybridized carbons (Fsp3) is 0.700. The van der Waals surface area contributed by atoms with Gasteiger partial charge in [0.15, 0.2) is 0 Å². The SMILES string of the molecule is COC1CN(c2ncc(Br)cc2C(=O)NC(C)N)CCC1NC1CCCCC1. The Labute approximate surface area is 175 Å². The number of nitrogens with one attached hydrogen (secondary N) is 2. The second-order valence-electron chi connectivity index (χ2n) is 7.90. The van der Waals surface area contributed by atoms with Gasteiger partial charge in [0.05, 0.1) is 17.8 Å². The normalized spacial score (nSPS) is 24.8. The lowest BCUT2D eigenvalue weighted by Gasteiger charge is -2.41. The molecule has 1 saturated carbocycles. The third-order valence-corrected chi connectivity index (χ3v) is 6.09. The van der Waals surface area contributed by atoms with Crippen molar-refractivity contribution in [2.45, 2.75) is 69.8 Å². The maximum Gasteiger partial charge on any atom is 0.256 e. The number of rotatable bonds is 6. The van der Waals surface area contributed by atoms with Crippen molar-refractivity contribution in [1.29, 1.82) is 0 Å². The molecule has 3 unspecified atom stereocenters. The van der Waals surface area contributed by atoms with Crippen LogP contribution in [0, 0.1) is 0 Å². The van der Waals surface area contributed by atoms with Crippen LogP contribution in [0.15, 0.2) is 16.7 Å². The second kappa shape index (κ2) is 10.0. The van der Waals surface area contributed by atoms with Crippen LogP contribution >= 0.6 is 15.9 Å². The molecule has 1 aromatic heterocycles. The molecule has 28 heavy (non-hydrogen) atoms.